The molecule has 0 aliphatic carbocycles. The van der Waals surface area contributed by atoms with Crippen LogP contribution in [-0.2, 0) is 16.1 Å². The highest BCUT2D eigenvalue weighted by Gasteiger charge is 2.21. The molecule has 2 rings (SSSR count). The van der Waals surface area contributed by atoms with Crippen LogP contribution in [0.5, 0.6) is 0 Å². The van der Waals surface area contributed by atoms with Crippen LogP contribution in [0.15, 0.2) is 12.1 Å². The smallest absolute Gasteiger partial charge is 0.250 e. The van der Waals surface area contributed by atoms with E-state index < -0.39 is 0 Å². The van der Waals surface area contributed by atoms with E-state index in [2.05, 4.69) is 23.6 Å². The highest BCUT2D eigenvalue weighted by atomic mass is 32.1. The van der Waals surface area contributed by atoms with Gasteiger partial charge in [-0.05, 0) is 19.1 Å². The number of ether oxygens (including phenoxy) is 1. The zero-order chi connectivity index (χ0) is 11.4. The van der Waals surface area contributed by atoms with Crippen molar-refractivity contribution in [3.63, 3.8) is 0 Å². The minimum Gasteiger partial charge on any atom is -0.366 e. The van der Waals surface area contributed by atoms with E-state index in [0.29, 0.717) is 19.7 Å². The van der Waals surface area contributed by atoms with Gasteiger partial charge in [0.05, 0.1) is 13.2 Å². The summed E-state index contributed by atoms with van der Waals surface area (Å²) in [6.07, 6.45) is -0.338. The van der Waals surface area contributed by atoms with Gasteiger partial charge in [0.25, 0.3) is 5.91 Å². The summed E-state index contributed by atoms with van der Waals surface area (Å²) in [5.74, 6) is -0.0294. The minimum absolute atomic E-state index is 0.0294. The number of thiophene rings is 1. The number of nitrogens with one attached hydrogen (secondary N) is 2. The predicted molar refractivity (Wildman–Crippen MR) is 63.5 cm³/mol. The van der Waals surface area contributed by atoms with Gasteiger partial charge in [-0.25, -0.2) is 0 Å². The molecule has 0 radical (unpaired) electrons. The number of aryl methyl sites for hydroxylation is 1. The number of hydrogen-bond donors (Lipinski definition) is 2. The number of carbonyl (C=O) groups excluding carboxylic acids is 1. The van der Waals surface area contributed by atoms with E-state index in [0.717, 1.165) is 6.54 Å². The molecule has 1 aromatic heterocycles. The number of hydrogen-bond acceptors (Lipinski definition) is 4. The molecule has 1 aliphatic rings. The summed E-state index contributed by atoms with van der Waals surface area (Å²) < 4.78 is 5.36. The second-order valence-electron chi connectivity index (χ2n) is 3.79. The molecular formula is C11H16N2O2S. The number of amides is 1. The Morgan fingerprint density at radius 3 is 3.19 bits per heavy atom. The van der Waals surface area contributed by atoms with Gasteiger partial charge in [-0.1, -0.05) is 0 Å². The quantitative estimate of drug-likeness (QED) is 0.816. The van der Waals surface area contributed by atoms with Gasteiger partial charge < -0.3 is 15.4 Å². The van der Waals surface area contributed by atoms with Crippen molar-refractivity contribution in [2.75, 3.05) is 19.7 Å². The van der Waals surface area contributed by atoms with Crippen LogP contribution in [0.2, 0.25) is 0 Å². The van der Waals surface area contributed by atoms with Crippen LogP contribution < -0.4 is 10.6 Å². The summed E-state index contributed by atoms with van der Waals surface area (Å²) in [5, 5.41) is 6.02. The predicted octanol–water partition coefficient (Wildman–Crippen LogP) is 0.661. The lowest BCUT2D eigenvalue weighted by molar-refractivity contribution is -0.134. The molecule has 2 heterocycles. The van der Waals surface area contributed by atoms with Crippen molar-refractivity contribution in [2.45, 2.75) is 19.6 Å². The molecule has 1 amide bonds. The first-order valence-electron chi connectivity index (χ1n) is 5.41. The van der Waals surface area contributed by atoms with E-state index in [4.69, 9.17) is 4.74 Å². The molecular weight excluding hydrogens is 224 g/mol. The van der Waals surface area contributed by atoms with Gasteiger partial charge in [-0.15, -0.1) is 11.3 Å². The van der Waals surface area contributed by atoms with Crippen molar-refractivity contribution < 1.29 is 9.53 Å². The molecule has 1 unspecified atom stereocenters. The lowest BCUT2D eigenvalue weighted by Gasteiger charge is -2.22. The molecule has 1 atom stereocenters. The van der Waals surface area contributed by atoms with E-state index in [-0.39, 0.29) is 12.0 Å². The van der Waals surface area contributed by atoms with Gasteiger partial charge >= 0.3 is 0 Å². The Labute approximate surface area is 99.0 Å². The van der Waals surface area contributed by atoms with Crippen LogP contribution in [0.1, 0.15) is 9.75 Å². The van der Waals surface area contributed by atoms with Gasteiger partial charge in [0, 0.05) is 22.8 Å². The Hall–Kier alpha value is -0.910. The maximum Gasteiger partial charge on any atom is 0.250 e. The molecule has 0 spiro atoms. The minimum atomic E-state index is -0.338. The van der Waals surface area contributed by atoms with E-state index in [1.165, 1.54) is 9.75 Å². The van der Waals surface area contributed by atoms with Crippen molar-refractivity contribution in [1.29, 1.82) is 0 Å². The molecule has 16 heavy (non-hydrogen) atoms. The van der Waals surface area contributed by atoms with Crippen molar-refractivity contribution in [3.8, 4) is 0 Å². The molecule has 88 valence electrons. The summed E-state index contributed by atoms with van der Waals surface area (Å²) in [7, 11) is 0. The van der Waals surface area contributed by atoms with Gasteiger partial charge in [0.15, 0.2) is 0 Å². The van der Waals surface area contributed by atoms with Crippen LogP contribution in [0.25, 0.3) is 0 Å². The Kier molecular flexibility index (Phi) is 3.93. The normalized spacial score (nSPS) is 20.7. The summed E-state index contributed by atoms with van der Waals surface area (Å²) in [6, 6.07) is 4.10. The standard InChI is InChI=1S/C11H16N2O2S/c1-8-2-3-9(16-8)6-13-11(14)10-7-12-4-5-15-10/h2-3,10,12H,4-7H2,1H3,(H,13,14). The van der Waals surface area contributed by atoms with Gasteiger partial charge in [0.2, 0.25) is 0 Å². The monoisotopic (exact) mass is 240 g/mol. The van der Waals surface area contributed by atoms with Gasteiger partial charge in [0.1, 0.15) is 6.10 Å². The Bertz CT molecular complexity index is 359. The first-order valence-corrected chi connectivity index (χ1v) is 6.23. The van der Waals surface area contributed by atoms with E-state index in [9.17, 15) is 4.79 Å². The lowest BCUT2D eigenvalue weighted by Crippen LogP contribution is -2.47. The van der Waals surface area contributed by atoms with Gasteiger partial charge in [-0.2, -0.15) is 0 Å². The highest BCUT2D eigenvalue weighted by Crippen LogP contribution is 2.14. The van der Waals surface area contributed by atoms with Crippen LogP contribution in [0.4, 0.5) is 0 Å². The average molecular weight is 240 g/mol. The van der Waals surface area contributed by atoms with Crippen LogP contribution in [-0.4, -0.2) is 31.7 Å². The molecule has 2 N–H and O–H groups in total. The third kappa shape index (κ3) is 3.04. The molecule has 0 bridgehead atoms. The molecule has 1 aliphatic heterocycles. The molecule has 0 aromatic carbocycles. The van der Waals surface area contributed by atoms with Gasteiger partial charge in [-0.3, -0.25) is 4.79 Å². The maximum absolute atomic E-state index is 11.7. The second-order valence-corrected chi connectivity index (χ2v) is 5.17. The fraction of sp³-hybridized carbons (Fsp3) is 0.545. The van der Waals surface area contributed by atoms with Crippen molar-refractivity contribution >= 4 is 17.2 Å². The summed E-state index contributed by atoms with van der Waals surface area (Å²) in [5.41, 5.74) is 0. The van der Waals surface area contributed by atoms with Crippen LogP contribution >= 0.6 is 11.3 Å². The van der Waals surface area contributed by atoms with E-state index in [1.807, 2.05) is 6.07 Å². The summed E-state index contributed by atoms with van der Waals surface area (Å²) >= 11 is 1.71. The Morgan fingerprint density at radius 1 is 1.69 bits per heavy atom. The molecule has 1 aromatic rings. The summed E-state index contributed by atoms with van der Waals surface area (Å²) in [4.78, 5) is 14.1. The zero-order valence-electron chi connectivity index (χ0n) is 9.29. The molecule has 1 saturated heterocycles. The topological polar surface area (TPSA) is 50.4 Å². The SMILES string of the molecule is Cc1ccc(CNC(=O)C2CNCCO2)s1. The van der Waals surface area contributed by atoms with Crippen molar-refractivity contribution in [3.05, 3.63) is 21.9 Å². The summed E-state index contributed by atoms with van der Waals surface area (Å²) in [6.45, 7) is 4.70. The second kappa shape index (κ2) is 5.43. The first kappa shape index (κ1) is 11.6. The molecule has 5 heteroatoms. The largest absolute Gasteiger partial charge is 0.366 e. The fourth-order valence-corrected chi connectivity index (χ4v) is 2.43. The average Bonchev–Trinajstić information content (AvgIpc) is 2.73. The Balaban J connectivity index is 1.78. The number of morpholine rings is 1. The third-order valence-electron chi connectivity index (χ3n) is 2.45. The maximum atomic E-state index is 11.7. The van der Waals surface area contributed by atoms with Crippen LogP contribution in [0.3, 0.4) is 0 Å². The fourth-order valence-electron chi connectivity index (χ4n) is 1.60. The zero-order valence-corrected chi connectivity index (χ0v) is 10.1. The number of carbonyl (C=O) groups is 1. The number of rotatable bonds is 3. The third-order valence-corrected chi connectivity index (χ3v) is 3.45. The highest BCUT2D eigenvalue weighted by molar-refractivity contribution is 7.11. The van der Waals surface area contributed by atoms with Crippen molar-refractivity contribution in [1.82, 2.24) is 10.6 Å². The van der Waals surface area contributed by atoms with E-state index in [1.54, 1.807) is 11.3 Å². The van der Waals surface area contributed by atoms with Crippen molar-refractivity contribution in [2.24, 2.45) is 0 Å². The molecule has 4 nitrogen and oxygen atoms in total. The first-order chi connectivity index (χ1) is 7.75. The molecule has 1 fully saturated rings. The molecule has 0 saturated carbocycles. The Morgan fingerprint density at radius 2 is 2.56 bits per heavy atom. The lowest BCUT2D eigenvalue weighted by atomic mass is 10.3. The van der Waals surface area contributed by atoms with E-state index >= 15 is 0 Å². The van der Waals surface area contributed by atoms with Crippen LogP contribution in [0, 0.1) is 6.92 Å².